The number of anilines is 1. The summed E-state index contributed by atoms with van der Waals surface area (Å²) in [5.41, 5.74) is 9.15. The molecule has 0 amide bonds. The molecule has 19 heavy (non-hydrogen) atoms. The first-order valence-electron chi connectivity index (χ1n) is 6.81. The molecule has 1 heterocycles. The Labute approximate surface area is 121 Å². The molecule has 3 nitrogen and oxygen atoms in total. The fraction of sp³-hybridized carbons (Fsp3) is 0.533. The van der Waals surface area contributed by atoms with Crippen LogP contribution in [0.3, 0.4) is 0 Å². The van der Waals surface area contributed by atoms with E-state index in [1.165, 1.54) is 24.1 Å². The van der Waals surface area contributed by atoms with Gasteiger partial charge in [0.1, 0.15) is 4.99 Å². The number of piperidine rings is 1. The summed E-state index contributed by atoms with van der Waals surface area (Å²) in [6, 6.07) is 7.10. The maximum absolute atomic E-state index is 5.71. The summed E-state index contributed by atoms with van der Waals surface area (Å²) < 4.78 is 0. The molecule has 0 atom stereocenters. The molecule has 0 unspecified atom stereocenters. The topological polar surface area (TPSA) is 32.5 Å². The van der Waals surface area contributed by atoms with Crippen molar-refractivity contribution in [2.75, 3.05) is 32.1 Å². The van der Waals surface area contributed by atoms with Gasteiger partial charge in [0.05, 0.1) is 0 Å². The number of nitrogens with zero attached hydrogens (tertiary/aromatic N) is 2. The fourth-order valence-corrected chi connectivity index (χ4v) is 2.99. The molecule has 1 aliphatic heterocycles. The number of benzene rings is 1. The summed E-state index contributed by atoms with van der Waals surface area (Å²) in [6.45, 7) is 4.31. The van der Waals surface area contributed by atoms with Gasteiger partial charge in [-0.2, -0.15) is 0 Å². The zero-order chi connectivity index (χ0) is 14.0. The molecule has 1 aliphatic rings. The fourth-order valence-electron chi connectivity index (χ4n) is 2.76. The number of aryl methyl sites for hydroxylation is 1. The second-order valence-corrected chi connectivity index (χ2v) is 5.99. The minimum atomic E-state index is 0.482. The predicted octanol–water partition coefficient (Wildman–Crippen LogP) is 2.16. The summed E-state index contributed by atoms with van der Waals surface area (Å²) >= 11 is 5.05. The number of hydrogen-bond acceptors (Lipinski definition) is 3. The lowest BCUT2D eigenvalue weighted by molar-refractivity contribution is 0.249. The molecule has 0 aromatic heterocycles. The highest BCUT2D eigenvalue weighted by molar-refractivity contribution is 7.80. The predicted molar refractivity (Wildman–Crippen MR) is 86.0 cm³/mol. The lowest BCUT2D eigenvalue weighted by atomic mass is 10.0. The summed E-state index contributed by atoms with van der Waals surface area (Å²) in [5.74, 6) is 0. The van der Waals surface area contributed by atoms with Crippen LogP contribution in [0.2, 0.25) is 0 Å². The molecule has 4 heteroatoms. The van der Waals surface area contributed by atoms with Gasteiger partial charge in [-0.3, -0.25) is 0 Å². The van der Waals surface area contributed by atoms with E-state index in [0.717, 1.165) is 18.7 Å². The summed E-state index contributed by atoms with van der Waals surface area (Å²) in [6.07, 6.45) is 2.45. The van der Waals surface area contributed by atoms with Crippen molar-refractivity contribution in [2.45, 2.75) is 25.8 Å². The van der Waals surface area contributed by atoms with Crippen molar-refractivity contribution >= 4 is 22.9 Å². The van der Waals surface area contributed by atoms with Gasteiger partial charge in [0.15, 0.2) is 0 Å². The zero-order valence-electron chi connectivity index (χ0n) is 12.0. The van der Waals surface area contributed by atoms with Gasteiger partial charge in [0.25, 0.3) is 0 Å². The van der Waals surface area contributed by atoms with Crippen LogP contribution in [0.15, 0.2) is 18.2 Å². The highest BCUT2D eigenvalue weighted by Crippen LogP contribution is 2.24. The van der Waals surface area contributed by atoms with Crippen LogP contribution in [0.25, 0.3) is 0 Å². The average Bonchev–Trinajstić information content (AvgIpc) is 2.38. The van der Waals surface area contributed by atoms with Gasteiger partial charge in [0, 0.05) is 30.4 Å². The van der Waals surface area contributed by atoms with E-state index in [1.807, 2.05) is 6.07 Å². The Hall–Kier alpha value is -1.13. The molecular weight excluding hydrogens is 254 g/mol. The number of hydrogen-bond donors (Lipinski definition) is 1. The van der Waals surface area contributed by atoms with Gasteiger partial charge >= 0.3 is 0 Å². The number of rotatable bonds is 3. The Morgan fingerprint density at radius 1 is 1.32 bits per heavy atom. The molecule has 0 saturated carbocycles. The van der Waals surface area contributed by atoms with Gasteiger partial charge in [-0.1, -0.05) is 12.2 Å². The Morgan fingerprint density at radius 3 is 2.42 bits per heavy atom. The summed E-state index contributed by atoms with van der Waals surface area (Å²) in [4.78, 5) is 5.27. The van der Waals surface area contributed by atoms with E-state index in [2.05, 4.69) is 43.0 Å². The average molecular weight is 277 g/mol. The van der Waals surface area contributed by atoms with Gasteiger partial charge in [-0.15, -0.1) is 0 Å². The van der Waals surface area contributed by atoms with E-state index in [9.17, 15) is 0 Å². The van der Waals surface area contributed by atoms with Crippen LogP contribution in [0.4, 0.5) is 5.69 Å². The van der Waals surface area contributed by atoms with Crippen LogP contribution in [-0.2, 0) is 0 Å². The second-order valence-electron chi connectivity index (χ2n) is 5.55. The maximum Gasteiger partial charge on any atom is 0.104 e. The Bertz CT molecular complexity index is 462. The Balaban J connectivity index is 2.08. The van der Waals surface area contributed by atoms with Gasteiger partial charge in [0.2, 0.25) is 0 Å². The molecule has 2 rings (SSSR count). The first kappa shape index (κ1) is 14.3. The lowest BCUT2D eigenvalue weighted by Crippen LogP contribution is -2.42. The maximum atomic E-state index is 5.71. The molecule has 1 aromatic carbocycles. The van der Waals surface area contributed by atoms with Crippen molar-refractivity contribution in [1.82, 2.24) is 4.90 Å². The minimum Gasteiger partial charge on any atom is -0.389 e. The zero-order valence-corrected chi connectivity index (χ0v) is 12.8. The monoisotopic (exact) mass is 277 g/mol. The third kappa shape index (κ3) is 3.25. The van der Waals surface area contributed by atoms with Crippen LogP contribution in [0.5, 0.6) is 0 Å². The van der Waals surface area contributed by atoms with Crippen molar-refractivity contribution in [3.8, 4) is 0 Å². The third-order valence-electron chi connectivity index (χ3n) is 4.04. The van der Waals surface area contributed by atoms with Crippen molar-refractivity contribution in [1.29, 1.82) is 0 Å². The van der Waals surface area contributed by atoms with E-state index in [-0.39, 0.29) is 0 Å². The van der Waals surface area contributed by atoms with Crippen molar-refractivity contribution in [2.24, 2.45) is 5.73 Å². The lowest BCUT2D eigenvalue weighted by Gasteiger charge is -2.36. The van der Waals surface area contributed by atoms with E-state index in [1.54, 1.807) is 0 Å². The number of thiocarbonyl (C=S) groups is 1. The number of nitrogens with two attached hydrogens (primary N) is 1. The largest absolute Gasteiger partial charge is 0.389 e. The molecule has 104 valence electrons. The molecule has 2 N–H and O–H groups in total. The second kappa shape index (κ2) is 5.88. The molecule has 1 fully saturated rings. The molecule has 0 aliphatic carbocycles. The van der Waals surface area contributed by atoms with Crippen LogP contribution in [-0.4, -0.2) is 43.1 Å². The molecular formula is C15H23N3S. The van der Waals surface area contributed by atoms with Gasteiger partial charge in [-0.25, -0.2) is 0 Å². The standard InChI is InChI=1S/C15H23N3S/c1-11-10-13(4-5-14(11)15(16)19)18-8-6-12(7-9-18)17(2)3/h4-5,10,12H,6-9H2,1-3H3,(H2,16,19). The van der Waals surface area contributed by atoms with Crippen molar-refractivity contribution in [3.05, 3.63) is 29.3 Å². The first-order chi connectivity index (χ1) is 8.99. The van der Waals surface area contributed by atoms with Crippen molar-refractivity contribution < 1.29 is 0 Å². The first-order valence-corrected chi connectivity index (χ1v) is 7.21. The van der Waals surface area contributed by atoms with Crippen LogP contribution in [0, 0.1) is 6.92 Å². The Kier molecular flexibility index (Phi) is 4.42. The quantitative estimate of drug-likeness (QED) is 0.858. The van der Waals surface area contributed by atoms with Crippen LogP contribution in [0.1, 0.15) is 24.0 Å². The highest BCUT2D eigenvalue weighted by atomic mass is 32.1. The van der Waals surface area contributed by atoms with Crippen LogP contribution >= 0.6 is 12.2 Å². The van der Waals surface area contributed by atoms with Crippen LogP contribution < -0.4 is 10.6 Å². The SMILES string of the molecule is Cc1cc(N2CCC(N(C)C)CC2)ccc1C(N)=S. The molecule has 0 bridgehead atoms. The normalized spacial score (nSPS) is 16.9. The van der Waals surface area contributed by atoms with E-state index in [0.29, 0.717) is 11.0 Å². The van der Waals surface area contributed by atoms with Gasteiger partial charge in [-0.05, 0) is 57.6 Å². The van der Waals surface area contributed by atoms with Crippen molar-refractivity contribution in [3.63, 3.8) is 0 Å². The van der Waals surface area contributed by atoms with E-state index >= 15 is 0 Å². The summed E-state index contributed by atoms with van der Waals surface area (Å²) in [5, 5.41) is 0. The minimum absolute atomic E-state index is 0.482. The highest BCUT2D eigenvalue weighted by Gasteiger charge is 2.20. The molecule has 1 aromatic rings. The Morgan fingerprint density at radius 2 is 1.95 bits per heavy atom. The third-order valence-corrected chi connectivity index (χ3v) is 4.26. The van der Waals surface area contributed by atoms with E-state index < -0.39 is 0 Å². The van der Waals surface area contributed by atoms with E-state index in [4.69, 9.17) is 18.0 Å². The molecule has 0 radical (unpaired) electrons. The summed E-state index contributed by atoms with van der Waals surface area (Å²) in [7, 11) is 4.34. The smallest absolute Gasteiger partial charge is 0.104 e. The van der Waals surface area contributed by atoms with Gasteiger partial charge < -0.3 is 15.5 Å². The molecule has 0 spiro atoms. The molecule has 1 saturated heterocycles.